The Morgan fingerprint density at radius 3 is 2.31 bits per heavy atom. The molecule has 0 bridgehead atoms. The Balaban J connectivity index is 1.87. The molecule has 2 rings (SSSR count). The van der Waals surface area contributed by atoms with Crippen molar-refractivity contribution >= 4 is 5.97 Å². The largest absolute Gasteiger partial charge is 0.462 e. The van der Waals surface area contributed by atoms with Crippen molar-refractivity contribution in [2.75, 3.05) is 19.7 Å². The van der Waals surface area contributed by atoms with Gasteiger partial charge in [-0.2, -0.15) is 5.26 Å². The van der Waals surface area contributed by atoms with Gasteiger partial charge in [0.25, 0.3) is 0 Å². The van der Waals surface area contributed by atoms with Crippen molar-refractivity contribution in [1.29, 1.82) is 5.26 Å². The zero-order valence-electron chi connectivity index (χ0n) is 18.9. The number of allylic oxidation sites excluding steroid dienone is 3. The highest BCUT2D eigenvalue weighted by Gasteiger charge is 2.31. The molecule has 1 aliphatic carbocycles. The standard InChI is InChI=1S/C25H40N2O2/c1-4-5-6-7-8-9-10-13-16-29-24(28)23(20-26)21-17-22(19-25(2,3)18-21)27-14-11-12-15-27/h17H,4-16,18-19H2,1-3H3. The number of nitrogens with zero attached hydrogens (tertiary/aromatic N) is 2. The number of ether oxygens (including phenoxy) is 1. The first-order valence-electron chi connectivity index (χ1n) is 11.7. The molecule has 0 atom stereocenters. The second kappa shape index (κ2) is 12.1. The highest BCUT2D eigenvalue weighted by Crippen LogP contribution is 2.41. The quantitative estimate of drug-likeness (QED) is 0.177. The molecule has 0 unspecified atom stereocenters. The number of unbranched alkanes of at least 4 members (excludes halogenated alkanes) is 7. The zero-order chi connectivity index (χ0) is 21.1. The molecule has 0 radical (unpaired) electrons. The molecule has 4 nitrogen and oxygen atoms in total. The Bertz CT molecular complexity index is 634. The van der Waals surface area contributed by atoms with E-state index in [2.05, 4.69) is 37.8 Å². The number of esters is 1. The molecule has 0 saturated carbocycles. The van der Waals surface area contributed by atoms with E-state index in [4.69, 9.17) is 4.74 Å². The van der Waals surface area contributed by atoms with Crippen molar-refractivity contribution in [3.63, 3.8) is 0 Å². The Labute approximate surface area is 178 Å². The lowest BCUT2D eigenvalue weighted by Gasteiger charge is -2.35. The van der Waals surface area contributed by atoms with E-state index in [9.17, 15) is 10.1 Å². The summed E-state index contributed by atoms with van der Waals surface area (Å²) in [4.78, 5) is 15.0. The SMILES string of the molecule is CCCCCCCCCCOC(=O)C(C#N)=C1C=C(N2CCCC2)CC(C)(C)C1. The molecule has 1 heterocycles. The molecule has 0 spiro atoms. The highest BCUT2D eigenvalue weighted by atomic mass is 16.5. The van der Waals surface area contributed by atoms with E-state index < -0.39 is 5.97 Å². The second-order valence-electron chi connectivity index (χ2n) is 9.47. The zero-order valence-corrected chi connectivity index (χ0v) is 18.9. The van der Waals surface area contributed by atoms with Crippen LogP contribution in [0.25, 0.3) is 0 Å². The van der Waals surface area contributed by atoms with Crippen LogP contribution in [0, 0.1) is 16.7 Å². The van der Waals surface area contributed by atoms with Crippen molar-refractivity contribution in [2.45, 2.75) is 97.8 Å². The summed E-state index contributed by atoms with van der Waals surface area (Å²) >= 11 is 0. The van der Waals surface area contributed by atoms with Crippen LogP contribution in [0.1, 0.15) is 97.8 Å². The van der Waals surface area contributed by atoms with E-state index in [-0.39, 0.29) is 11.0 Å². The molecule has 1 saturated heterocycles. The monoisotopic (exact) mass is 400 g/mol. The molecule has 0 aromatic carbocycles. The van der Waals surface area contributed by atoms with Gasteiger partial charge in [0.05, 0.1) is 6.61 Å². The van der Waals surface area contributed by atoms with Gasteiger partial charge in [-0.05, 0) is 49.2 Å². The van der Waals surface area contributed by atoms with Gasteiger partial charge in [0.15, 0.2) is 0 Å². The first kappa shape index (κ1) is 23.5. The molecular weight excluding hydrogens is 360 g/mol. The van der Waals surface area contributed by atoms with Gasteiger partial charge in [0.2, 0.25) is 0 Å². The molecule has 29 heavy (non-hydrogen) atoms. The number of rotatable bonds is 11. The minimum absolute atomic E-state index is 0.0577. The Morgan fingerprint density at radius 1 is 1.07 bits per heavy atom. The maximum absolute atomic E-state index is 12.6. The summed E-state index contributed by atoms with van der Waals surface area (Å²) in [6.45, 7) is 9.25. The molecule has 0 aromatic heterocycles. The fraction of sp³-hybridized carbons (Fsp3) is 0.760. The first-order valence-corrected chi connectivity index (χ1v) is 11.7. The van der Waals surface area contributed by atoms with Crippen LogP contribution in [-0.4, -0.2) is 30.6 Å². The lowest BCUT2D eigenvalue weighted by atomic mass is 9.75. The van der Waals surface area contributed by atoms with Gasteiger partial charge in [0, 0.05) is 18.8 Å². The molecule has 0 amide bonds. The maximum Gasteiger partial charge on any atom is 0.349 e. The van der Waals surface area contributed by atoms with E-state index in [1.54, 1.807) is 0 Å². The van der Waals surface area contributed by atoms with Gasteiger partial charge in [-0.25, -0.2) is 4.79 Å². The van der Waals surface area contributed by atoms with Crippen LogP contribution >= 0.6 is 0 Å². The van der Waals surface area contributed by atoms with Crippen LogP contribution in [0.3, 0.4) is 0 Å². The van der Waals surface area contributed by atoms with Crippen molar-refractivity contribution in [2.24, 2.45) is 5.41 Å². The highest BCUT2D eigenvalue weighted by molar-refractivity contribution is 5.94. The lowest BCUT2D eigenvalue weighted by Crippen LogP contribution is -2.28. The Kier molecular flexibility index (Phi) is 9.78. The van der Waals surface area contributed by atoms with Gasteiger partial charge in [-0.15, -0.1) is 0 Å². The van der Waals surface area contributed by atoms with E-state index in [1.807, 2.05) is 0 Å². The summed E-state index contributed by atoms with van der Waals surface area (Å²) in [5.41, 5.74) is 2.39. The number of carbonyl (C=O) groups is 1. The van der Waals surface area contributed by atoms with Crippen LogP contribution in [0.15, 0.2) is 22.9 Å². The number of likely N-dealkylation sites (tertiary alicyclic amines) is 1. The van der Waals surface area contributed by atoms with Crippen LogP contribution < -0.4 is 0 Å². The summed E-state index contributed by atoms with van der Waals surface area (Å²) < 4.78 is 5.46. The average Bonchev–Trinajstić information content (AvgIpc) is 3.21. The van der Waals surface area contributed by atoms with Gasteiger partial charge in [0.1, 0.15) is 11.6 Å². The van der Waals surface area contributed by atoms with Gasteiger partial charge >= 0.3 is 5.97 Å². The molecule has 2 aliphatic rings. The normalized spacial score (nSPS) is 20.2. The smallest absolute Gasteiger partial charge is 0.349 e. The summed E-state index contributed by atoms with van der Waals surface area (Å²) in [5.74, 6) is -0.444. The predicted molar refractivity (Wildman–Crippen MR) is 118 cm³/mol. The first-order chi connectivity index (χ1) is 14.0. The number of carbonyl (C=O) groups excluding carboxylic acids is 1. The Morgan fingerprint density at radius 2 is 1.69 bits per heavy atom. The molecule has 4 heteroatoms. The third-order valence-corrected chi connectivity index (χ3v) is 6.05. The Hall–Kier alpha value is -1.76. The number of hydrogen-bond acceptors (Lipinski definition) is 4. The third-order valence-electron chi connectivity index (χ3n) is 6.05. The maximum atomic E-state index is 12.6. The van der Waals surface area contributed by atoms with Gasteiger partial charge in [-0.1, -0.05) is 65.7 Å². The number of nitriles is 1. The summed E-state index contributed by atoms with van der Waals surface area (Å²) in [6.07, 6.45) is 16.0. The van der Waals surface area contributed by atoms with E-state index in [1.165, 1.54) is 57.1 Å². The van der Waals surface area contributed by atoms with Crippen molar-refractivity contribution in [1.82, 2.24) is 4.90 Å². The van der Waals surface area contributed by atoms with Crippen LogP contribution in [0.5, 0.6) is 0 Å². The molecule has 162 valence electrons. The van der Waals surface area contributed by atoms with E-state index in [0.29, 0.717) is 6.61 Å². The van der Waals surface area contributed by atoms with Crippen LogP contribution in [0.2, 0.25) is 0 Å². The fourth-order valence-electron chi connectivity index (χ4n) is 4.46. The number of hydrogen-bond donors (Lipinski definition) is 0. The summed E-state index contributed by atoms with van der Waals surface area (Å²) in [5, 5.41) is 9.66. The molecule has 0 N–H and O–H groups in total. The summed E-state index contributed by atoms with van der Waals surface area (Å²) in [7, 11) is 0. The molecule has 0 aromatic rings. The van der Waals surface area contributed by atoms with Crippen molar-refractivity contribution in [3.05, 3.63) is 22.9 Å². The predicted octanol–water partition coefficient (Wildman–Crippen LogP) is 6.29. The average molecular weight is 401 g/mol. The van der Waals surface area contributed by atoms with Gasteiger partial charge in [-0.3, -0.25) is 0 Å². The van der Waals surface area contributed by atoms with Crippen LogP contribution in [-0.2, 0) is 9.53 Å². The van der Waals surface area contributed by atoms with Crippen LogP contribution in [0.4, 0.5) is 0 Å². The van der Waals surface area contributed by atoms with Crippen molar-refractivity contribution < 1.29 is 9.53 Å². The summed E-state index contributed by atoms with van der Waals surface area (Å²) in [6, 6.07) is 2.14. The van der Waals surface area contributed by atoms with Gasteiger partial charge < -0.3 is 9.64 Å². The topological polar surface area (TPSA) is 53.3 Å². The van der Waals surface area contributed by atoms with Crippen molar-refractivity contribution in [3.8, 4) is 6.07 Å². The molecular formula is C25H40N2O2. The molecule has 1 aliphatic heterocycles. The van der Waals surface area contributed by atoms with E-state index >= 15 is 0 Å². The minimum atomic E-state index is -0.444. The lowest BCUT2D eigenvalue weighted by molar-refractivity contribution is -0.138. The third kappa shape index (κ3) is 7.88. The fourth-order valence-corrected chi connectivity index (χ4v) is 4.46. The van der Waals surface area contributed by atoms with E-state index in [0.717, 1.165) is 44.3 Å². The minimum Gasteiger partial charge on any atom is -0.462 e. The molecule has 1 fully saturated rings. The second-order valence-corrected chi connectivity index (χ2v) is 9.47.